The number of benzene rings is 1. The number of anilines is 1. The molecule has 0 fully saturated rings. The van der Waals surface area contributed by atoms with Crippen molar-refractivity contribution in [2.24, 2.45) is 22.0 Å². The first kappa shape index (κ1) is 35.7. The molecule has 3 rings (SSSR count). The Bertz CT molecular complexity index is 1260. The molecule has 1 aliphatic carbocycles. The Morgan fingerprint density at radius 3 is 2.49 bits per heavy atom. The van der Waals surface area contributed by atoms with Crippen LogP contribution in [0.5, 0.6) is 0 Å². The Morgan fingerprint density at radius 1 is 1.11 bits per heavy atom. The number of nitrogens with zero attached hydrogens (tertiary/aromatic N) is 3. The summed E-state index contributed by atoms with van der Waals surface area (Å²) in [6, 6.07) is 5.64. The van der Waals surface area contributed by atoms with Crippen LogP contribution in [0.2, 0.25) is 0 Å². The van der Waals surface area contributed by atoms with Gasteiger partial charge in [-0.15, -0.1) is 0 Å². The van der Waals surface area contributed by atoms with Gasteiger partial charge in [0.2, 0.25) is 5.91 Å². The van der Waals surface area contributed by atoms with Crippen LogP contribution in [0.3, 0.4) is 0 Å². The lowest BCUT2D eigenvalue weighted by Crippen LogP contribution is -2.45. The number of halogens is 1. The number of rotatable bonds is 9. The van der Waals surface area contributed by atoms with E-state index in [1.807, 2.05) is 46.8 Å². The second kappa shape index (κ2) is 16.5. The first-order valence-electron chi connectivity index (χ1n) is 15.9. The van der Waals surface area contributed by atoms with E-state index < -0.39 is 23.0 Å². The van der Waals surface area contributed by atoms with Gasteiger partial charge in [0, 0.05) is 43.2 Å². The molecular formula is C34H49FN4O6. The molecule has 0 spiro atoms. The van der Waals surface area contributed by atoms with Gasteiger partial charge in [-0.1, -0.05) is 17.3 Å². The van der Waals surface area contributed by atoms with Crippen molar-refractivity contribution in [3.8, 4) is 0 Å². The lowest BCUT2D eigenvalue weighted by molar-refractivity contribution is -0.137. The molecule has 2 amide bonds. The van der Waals surface area contributed by atoms with Crippen LogP contribution >= 0.6 is 0 Å². The predicted molar refractivity (Wildman–Crippen MR) is 173 cm³/mol. The fraction of sp³-hybridized carbons (Fsp3) is 0.618. The minimum Gasteiger partial charge on any atom is -0.481 e. The quantitative estimate of drug-likeness (QED) is 0.172. The number of hydrogen-bond donors (Lipinski definition) is 2. The number of aliphatic carboxylic acids is 1. The van der Waals surface area contributed by atoms with Gasteiger partial charge in [0.15, 0.2) is 0 Å². The molecule has 1 aliphatic heterocycles. The molecule has 10 nitrogen and oxygen atoms in total. The smallest absolute Gasteiger partial charge is 0.410 e. The zero-order valence-corrected chi connectivity index (χ0v) is 27.3. The third kappa shape index (κ3) is 11.9. The van der Waals surface area contributed by atoms with Crippen LogP contribution < -0.4 is 5.32 Å². The second-order valence-corrected chi connectivity index (χ2v) is 13.2. The van der Waals surface area contributed by atoms with Crippen molar-refractivity contribution in [2.75, 3.05) is 25.0 Å². The maximum Gasteiger partial charge on any atom is 0.410 e. The predicted octanol–water partition coefficient (Wildman–Crippen LogP) is 7.00. The third-order valence-corrected chi connectivity index (χ3v) is 7.89. The van der Waals surface area contributed by atoms with Crippen molar-refractivity contribution in [3.63, 3.8) is 0 Å². The van der Waals surface area contributed by atoms with Gasteiger partial charge in [-0.25, -0.2) is 9.18 Å². The van der Waals surface area contributed by atoms with E-state index in [2.05, 4.69) is 10.5 Å². The summed E-state index contributed by atoms with van der Waals surface area (Å²) in [4.78, 5) is 49.8. The number of allylic oxidation sites excluding steroid dienone is 1. The Morgan fingerprint density at radius 2 is 1.80 bits per heavy atom. The lowest BCUT2D eigenvalue weighted by Gasteiger charge is -2.38. The van der Waals surface area contributed by atoms with Gasteiger partial charge in [0.25, 0.3) is 0 Å². The fourth-order valence-corrected chi connectivity index (χ4v) is 5.69. The molecule has 3 atom stereocenters. The fourth-order valence-electron chi connectivity index (χ4n) is 5.69. The van der Waals surface area contributed by atoms with Crippen molar-refractivity contribution < 1.29 is 33.5 Å². The summed E-state index contributed by atoms with van der Waals surface area (Å²) in [6.45, 7) is 10.9. The Hall–Kier alpha value is -3.76. The summed E-state index contributed by atoms with van der Waals surface area (Å²) in [5.41, 5.74) is 0.829. The highest BCUT2D eigenvalue weighted by Gasteiger charge is 2.43. The number of nitrogens with one attached hydrogen (secondary N) is 1. The van der Waals surface area contributed by atoms with Gasteiger partial charge in [0.05, 0.1) is 17.2 Å². The number of carboxylic acid groups (broad SMARTS) is 1. The van der Waals surface area contributed by atoms with Gasteiger partial charge in [-0.3, -0.25) is 14.6 Å². The normalized spacial score (nSPS) is 23.3. The van der Waals surface area contributed by atoms with Crippen molar-refractivity contribution in [2.45, 2.75) is 104 Å². The highest BCUT2D eigenvalue weighted by atomic mass is 19.1. The van der Waals surface area contributed by atoms with Crippen LogP contribution in [-0.4, -0.2) is 70.2 Å². The number of carboxylic acids is 1. The maximum atomic E-state index is 13.6. The third-order valence-electron chi connectivity index (χ3n) is 7.89. The molecular weight excluding hydrogens is 579 g/mol. The second-order valence-electron chi connectivity index (χ2n) is 13.2. The SMILES string of the molecule is CC(CCCCC(=O)O)=NC1(C)CC(C2=NOCCCN(C(=O)OC(C)(C)C)CCCC2)C=CC1C(=O)Nc1ccc(F)cc1. The number of carbonyl (C=O) groups excluding carboxylic acids is 2. The number of unbranched alkanes of at least 4 members (excludes halogenated alkanes) is 1. The van der Waals surface area contributed by atoms with E-state index in [1.165, 1.54) is 24.3 Å². The number of aliphatic imine (C=N–C) groups is 1. The minimum absolute atomic E-state index is 0.105. The molecule has 1 aromatic carbocycles. The van der Waals surface area contributed by atoms with Crippen LogP contribution in [0.1, 0.15) is 92.4 Å². The Kier molecular flexibility index (Phi) is 13.1. The molecule has 1 heterocycles. The number of ether oxygens (including phenoxy) is 1. The molecule has 1 aromatic rings. The monoisotopic (exact) mass is 628 g/mol. The average Bonchev–Trinajstić information content (AvgIpc) is 3.00. The van der Waals surface area contributed by atoms with Crippen LogP contribution in [0, 0.1) is 17.7 Å². The van der Waals surface area contributed by atoms with E-state index in [4.69, 9.17) is 19.7 Å². The first-order chi connectivity index (χ1) is 21.3. The molecule has 0 saturated carbocycles. The maximum absolute atomic E-state index is 13.6. The van der Waals surface area contributed by atoms with E-state index in [0.717, 1.165) is 24.3 Å². The Labute approximate surface area is 266 Å². The highest BCUT2D eigenvalue weighted by molar-refractivity contribution is 5.96. The standard InChI is InChI=1S/C34H49FN4O6/c1-24(11-6-7-13-30(40)41)37-34(5)23-25(14-19-28(34)31(42)36-27-17-15-26(35)16-18-27)29-12-8-9-20-39(21-10-22-44-38-29)32(43)45-33(2,3)4/h14-19,25,28H,6-13,20-23H2,1-5H3,(H,36,42)(H,40,41). The van der Waals surface area contributed by atoms with Crippen LogP contribution in [0.4, 0.5) is 14.9 Å². The summed E-state index contributed by atoms with van der Waals surface area (Å²) in [6.07, 6.45) is 8.90. The molecule has 0 saturated heterocycles. The number of oxime groups is 1. The van der Waals surface area contributed by atoms with Crippen molar-refractivity contribution in [1.29, 1.82) is 0 Å². The lowest BCUT2D eigenvalue weighted by atomic mass is 9.71. The minimum atomic E-state index is -0.823. The molecule has 11 heteroatoms. The van der Waals surface area contributed by atoms with E-state index in [0.29, 0.717) is 63.9 Å². The van der Waals surface area contributed by atoms with Gasteiger partial charge < -0.3 is 24.9 Å². The van der Waals surface area contributed by atoms with Gasteiger partial charge in [0.1, 0.15) is 18.0 Å². The molecule has 2 N–H and O–H groups in total. The summed E-state index contributed by atoms with van der Waals surface area (Å²) in [5, 5.41) is 16.4. The molecule has 45 heavy (non-hydrogen) atoms. The van der Waals surface area contributed by atoms with Gasteiger partial charge in [-0.05, 0) is 104 Å². The average molecular weight is 629 g/mol. The molecule has 3 unspecified atom stereocenters. The van der Waals surface area contributed by atoms with Crippen LogP contribution in [0.25, 0.3) is 0 Å². The summed E-state index contributed by atoms with van der Waals surface area (Å²) in [5.74, 6) is -2.17. The van der Waals surface area contributed by atoms with Crippen molar-refractivity contribution >= 4 is 35.1 Å². The highest BCUT2D eigenvalue weighted by Crippen LogP contribution is 2.38. The zero-order chi connectivity index (χ0) is 33.0. The number of amides is 2. The zero-order valence-electron chi connectivity index (χ0n) is 27.3. The van der Waals surface area contributed by atoms with E-state index >= 15 is 0 Å². The summed E-state index contributed by atoms with van der Waals surface area (Å²) >= 11 is 0. The van der Waals surface area contributed by atoms with E-state index in [1.54, 1.807) is 4.90 Å². The van der Waals surface area contributed by atoms with Crippen LogP contribution in [-0.2, 0) is 19.2 Å². The number of hydrogen-bond acceptors (Lipinski definition) is 7. The first-order valence-corrected chi connectivity index (χ1v) is 15.9. The molecule has 248 valence electrons. The van der Waals surface area contributed by atoms with Crippen molar-refractivity contribution in [3.05, 3.63) is 42.2 Å². The van der Waals surface area contributed by atoms with E-state index in [-0.39, 0.29) is 30.2 Å². The largest absolute Gasteiger partial charge is 0.481 e. The molecule has 2 aliphatic rings. The van der Waals surface area contributed by atoms with Crippen LogP contribution in [0.15, 0.2) is 46.6 Å². The van der Waals surface area contributed by atoms with E-state index in [9.17, 15) is 18.8 Å². The van der Waals surface area contributed by atoms with Gasteiger partial charge >= 0.3 is 12.1 Å². The summed E-state index contributed by atoms with van der Waals surface area (Å²) in [7, 11) is 0. The molecule has 0 radical (unpaired) electrons. The topological polar surface area (TPSA) is 130 Å². The molecule has 0 aromatic heterocycles. The number of carbonyl (C=O) groups is 3. The van der Waals surface area contributed by atoms with Crippen molar-refractivity contribution in [1.82, 2.24) is 4.90 Å². The molecule has 0 bridgehead atoms. The van der Waals surface area contributed by atoms with Gasteiger partial charge in [-0.2, -0.15) is 0 Å². The summed E-state index contributed by atoms with van der Waals surface area (Å²) < 4.78 is 19.0. The Balaban J connectivity index is 1.78.